The summed E-state index contributed by atoms with van der Waals surface area (Å²) in [6.45, 7) is 0.778. The molecule has 1 aromatic rings. The molecule has 1 aliphatic rings. The van der Waals surface area contributed by atoms with Gasteiger partial charge in [-0.1, -0.05) is 0 Å². The highest BCUT2D eigenvalue weighted by Crippen LogP contribution is 2.40. The molecule has 1 aliphatic heterocycles. The van der Waals surface area contributed by atoms with Gasteiger partial charge in [-0.2, -0.15) is 0 Å². The first-order chi connectivity index (χ1) is 12.8. The van der Waals surface area contributed by atoms with Crippen molar-refractivity contribution in [2.45, 2.75) is 6.92 Å². The van der Waals surface area contributed by atoms with Crippen LogP contribution in [0.25, 0.3) is 6.08 Å². The van der Waals surface area contributed by atoms with Crippen molar-refractivity contribution in [1.29, 1.82) is 0 Å². The molecule has 0 N–H and O–H groups in total. The predicted octanol–water partition coefficient (Wildman–Crippen LogP) is 1.84. The van der Waals surface area contributed by atoms with Gasteiger partial charge in [-0.05, 0) is 35.5 Å². The molecule has 27 heavy (non-hydrogen) atoms. The monoisotopic (exact) mass is 395 g/mol. The lowest BCUT2D eigenvalue weighted by Gasteiger charge is -2.13. The Morgan fingerprint density at radius 1 is 1.11 bits per heavy atom. The summed E-state index contributed by atoms with van der Waals surface area (Å²) in [5.74, 6) is -1.34. The number of benzene rings is 1. The Bertz CT molecular complexity index is 807. The summed E-state index contributed by atoms with van der Waals surface area (Å²) < 4.78 is 20.0. The van der Waals surface area contributed by atoms with Crippen LogP contribution in [0, 0.1) is 0 Å². The van der Waals surface area contributed by atoms with Crippen LogP contribution in [0.15, 0.2) is 17.0 Å². The van der Waals surface area contributed by atoms with Gasteiger partial charge < -0.3 is 18.9 Å². The van der Waals surface area contributed by atoms with E-state index in [2.05, 4.69) is 4.74 Å². The molecule has 1 aromatic carbocycles. The number of carbonyl (C=O) groups is 4. The van der Waals surface area contributed by atoms with Crippen molar-refractivity contribution in [1.82, 2.24) is 4.90 Å². The van der Waals surface area contributed by atoms with Crippen molar-refractivity contribution in [3.8, 4) is 17.2 Å². The number of nitrogens with zero attached hydrogens (tertiary/aromatic N) is 1. The number of amides is 2. The van der Waals surface area contributed by atoms with Crippen LogP contribution in [-0.2, 0) is 19.1 Å². The number of methoxy groups -OCH3 is 3. The fraction of sp³-hybridized carbons (Fsp3) is 0.294. The average Bonchev–Trinajstić information content (AvgIpc) is 2.89. The highest BCUT2D eigenvalue weighted by Gasteiger charge is 2.36. The first kappa shape index (κ1) is 20.3. The summed E-state index contributed by atoms with van der Waals surface area (Å²) in [5, 5.41) is -0.577. The highest BCUT2D eigenvalue weighted by molar-refractivity contribution is 8.18. The van der Waals surface area contributed by atoms with Crippen molar-refractivity contribution in [2.24, 2.45) is 0 Å². The van der Waals surface area contributed by atoms with Crippen LogP contribution >= 0.6 is 11.8 Å². The number of carbonyl (C=O) groups excluding carboxylic acids is 4. The molecule has 0 saturated carbocycles. The first-order valence-corrected chi connectivity index (χ1v) is 8.39. The fourth-order valence-electron chi connectivity index (χ4n) is 2.21. The van der Waals surface area contributed by atoms with Gasteiger partial charge in [0, 0.05) is 6.92 Å². The number of hydrogen-bond acceptors (Lipinski definition) is 9. The van der Waals surface area contributed by atoms with E-state index in [-0.39, 0.29) is 22.2 Å². The quantitative estimate of drug-likeness (QED) is 0.405. The lowest BCUT2D eigenvalue weighted by molar-refractivity contribution is -0.143. The second-order valence-electron chi connectivity index (χ2n) is 5.19. The molecule has 10 heteroatoms. The second-order valence-corrected chi connectivity index (χ2v) is 6.19. The van der Waals surface area contributed by atoms with E-state index in [0.29, 0.717) is 17.3 Å². The first-order valence-electron chi connectivity index (χ1n) is 7.57. The predicted molar refractivity (Wildman–Crippen MR) is 95.5 cm³/mol. The van der Waals surface area contributed by atoms with Crippen LogP contribution in [0.3, 0.4) is 0 Å². The summed E-state index contributed by atoms with van der Waals surface area (Å²) in [4.78, 5) is 47.9. The number of esters is 2. The van der Waals surface area contributed by atoms with Crippen LogP contribution in [-0.4, -0.2) is 55.9 Å². The number of hydrogen-bond donors (Lipinski definition) is 0. The third-order valence-corrected chi connectivity index (χ3v) is 4.32. The van der Waals surface area contributed by atoms with E-state index < -0.39 is 29.6 Å². The smallest absolute Gasteiger partial charge is 0.325 e. The third-order valence-electron chi connectivity index (χ3n) is 3.41. The Labute approximate surface area is 159 Å². The van der Waals surface area contributed by atoms with Gasteiger partial charge in [0.2, 0.25) is 5.75 Å². The van der Waals surface area contributed by atoms with Crippen LogP contribution < -0.4 is 14.2 Å². The summed E-state index contributed by atoms with van der Waals surface area (Å²) >= 11 is 0.695. The van der Waals surface area contributed by atoms with E-state index in [0.717, 1.165) is 4.90 Å². The highest BCUT2D eigenvalue weighted by atomic mass is 32.2. The topological polar surface area (TPSA) is 108 Å². The van der Waals surface area contributed by atoms with Crippen LogP contribution in [0.4, 0.5) is 4.79 Å². The Balaban J connectivity index is 2.38. The van der Waals surface area contributed by atoms with E-state index in [1.54, 1.807) is 0 Å². The Hall–Kier alpha value is -3.01. The molecule has 2 amide bonds. The van der Waals surface area contributed by atoms with Crippen molar-refractivity contribution in [2.75, 3.05) is 27.9 Å². The minimum absolute atomic E-state index is 0.100. The maximum absolute atomic E-state index is 12.4. The van der Waals surface area contributed by atoms with Gasteiger partial charge in [0.05, 0.1) is 26.2 Å². The lowest BCUT2D eigenvalue weighted by Crippen LogP contribution is -2.34. The van der Waals surface area contributed by atoms with Gasteiger partial charge >= 0.3 is 11.9 Å². The van der Waals surface area contributed by atoms with Crippen molar-refractivity contribution in [3.05, 3.63) is 22.6 Å². The molecule has 144 valence electrons. The molecular weight excluding hydrogens is 378 g/mol. The summed E-state index contributed by atoms with van der Waals surface area (Å²) in [5.41, 5.74) is 0.475. The Morgan fingerprint density at radius 3 is 2.19 bits per heavy atom. The fourth-order valence-corrected chi connectivity index (χ4v) is 3.05. The van der Waals surface area contributed by atoms with Gasteiger partial charge in [0.15, 0.2) is 11.5 Å². The van der Waals surface area contributed by atoms with E-state index in [9.17, 15) is 19.2 Å². The summed E-state index contributed by atoms with van der Waals surface area (Å²) in [6.07, 6.45) is 1.45. The molecule has 0 unspecified atom stereocenters. The van der Waals surface area contributed by atoms with Gasteiger partial charge in [-0.3, -0.25) is 24.1 Å². The molecule has 0 aromatic heterocycles. The van der Waals surface area contributed by atoms with Gasteiger partial charge in [-0.25, -0.2) is 0 Å². The zero-order valence-electron chi connectivity index (χ0n) is 15.1. The Kier molecular flexibility index (Phi) is 6.45. The number of ether oxygens (including phenoxy) is 4. The zero-order valence-corrected chi connectivity index (χ0v) is 15.9. The molecule has 0 radical (unpaired) electrons. The Morgan fingerprint density at radius 2 is 1.70 bits per heavy atom. The standard InChI is InChI=1S/C17H17NO8S/c1-9(19)26-15-11(23-2)5-10(6-12(15)24-3)7-13-16(21)18(17(22)27-13)8-14(20)25-4/h5-7H,8H2,1-4H3/b13-7-. The summed E-state index contributed by atoms with van der Waals surface area (Å²) in [6, 6.07) is 3.05. The van der Waals surface area contributed by atoms with Crippen molar-refractivity contribution in [3.63, 3.8) is 0 Å². The molecule has 1 heterocycles. The maximum atomic E-state index is 12.4. The largest absolute Gasteiger partial charge is 0.493 e. The van der Waals surface area contributed by atoms with Crippen molar-refractivity contribution < 1.29 is 38.1 Å². The number of thioether (sulfide) groups is 1. The van der Waals surface area contributed by atoms with E-state index in [4.69, 9.17) is 14.2 Å². The van der Waals surface area contributed by atoms with Gasteiger partial charge in [0.1, 0.15) is 6.54 Å². The molecule has 0 bridgehead atoms. The SMILES string of the molecule is COC(=O)CN1C(=O)S/C(=C\c2cc(OC)c(OC(C)=O)c(OC)c2)C1=O. The molecule has 0 atom stereocenters. The zero-order chi connectivity index (χ0) is 20.1. The minimum atomic E-state index is -0.701. The lowest BCUT2D eigenvalue weighted by atomic mass is 10.1. The maximum Gasteiger partial charge on any atom is 0.325 e. The number of rotatable bonds is 6. The average molecular weight is 395 g/mol. The van der Waals surface area contributed by atoms with Crippen molar-refractivity contribution >= 4 is 40.9 Å². The molecule has 0 aliphatic carbocycles. The summed E-state index contributed by atoms with van der Waals surface area (Å²) in [7, 11) is 3.94. The van der Waals surface area contributed by atoms with Gasteiger partial charge in [-0.15, -0.1) is 0 Å². The molecule has 1 fully saturated rings. The van der Waals surface area contributed by atoms with E-state index in [1.807, 2.05) is 0 Å². The van der Waals surface area contributed by atoms with Crippen LogP contribution in [0.5, 0.6) is 17.2 Å². The minimum Gasteiger partial charge on any atom is -0.493 e. The number of imide groups is 1. The third kappa shape index (κ3) is 4.59. The molecule has 9 nitrogen and oxygen atoms in total. The van der Waals surface area contributed by atoms with Crippen LogP contribution in [0.2, 0.25) is 0 Å². The van der Waals surface area contributed by atoms with E-state index >= 15 is 0 Å². The normalized spacial score (nSPS) is 15.1. The molecular formula is C17H17NO8S. The molecule has 2 rings (SSSR count). The second kappa shape index (κ2) is 8.58. The molecule has 0 spiro atoms. The molecule has 1 saturated heterocycles. The van der Waals surface area contributed by atoms with Crippen LogP contribution in [0.1, 0.15) is 12.5 Å². The van der Waals surface area contributed by atoms with E-state index in [1.165, 1.54) is 46.5 Å². The van der Waals surface area contributed by atoms with Gasteiger partial charge in [0.25, 0.3) is 11.1 Å².